The third-order valence-corrected chi connectivity index (χ3v) is 8.69. The lowest BCUT2D eigenvalue weighted by molar-refractivity contribution is -0.137. The average molecular weight is 535 g/mol. The number of rotatable bonds is 11. The Morgan fingerprint density at radius 1 is 0.974 bits per heavy atom. The van der Waals surface area contributed by atoms with Crippen LogP contribution in [-0.2, 0) is 21.2 Å². The third kappa shape index (κ3) is 5.88. The number of aliphatic carboxylic acids is 1. The zero-order valence-electron chi connectivity index (χ0n) is 22.1. The fraction of sp³-hybridized carbons (Fsp3) is 0.387. The standard InChI is InChI=1S/C31H34O6S/c1-19-12-24(36-10-5-11-38(3,34)35)13-20(2)31(19)22-7-4-6-21(14-22)18-37-23-8-9-25-26(15-23)27-16-28(27)29(25)17-30(32)33/h4,6-9,12-15,27-29H,5,10-11,16-18H2,1-3H3,(H,32,33)/t27?,28-,29+/m0/s1. The van der Waals surface area contributed by atoms with E-state index in [1.54, 1.807) is 0 Å². The van der Waals surface area contributed by atoms with Gasteiger partial charge in [0, 0.05) is 6.26 Å². The van der Waals surface area contributed by atoms with Gasteiger partial charge in [0.25, 0.3) is 0 Å². The number of fused-ring (bicyclic) bond motifs is 3. The maximum atomic E-state index is 11.3. The van der Waals surface area contributed by atoms with Gasteiger partial charge in [-0.1, -0.05) is 24.3 Å². The van der Waals surface area contributed by atoms with E-state index in [2.05, 4.69) is 44.2 Å². The normalized spacial score (nSPS) is 19.5. The van der Waals surface area contributed by atoms with E-state index in [-0.39, 0.29) is 18.1 Å². The molecule has 3 atom stereocenters. The van der Waals surface area contributed by atoms with Crippen molar-refractivity contribution >= 4 is 15.8 Å². The second-order valence-electron chi connectivity index (χ2n) is 10.8. The summed E-state index contributed by atoms with van der Waals surface area (Å²) < 4.78 is 34.6. The van der Waals surface area contributed by atoms with Crippen molar-refractivity contribution in [2.75, 3.05) is 18.6 Å². The summed E-state index contributed by atoms with van der Waals surface area (Å²) in [6.07, 6.45) is 2.99. The molecule has 1 fully saturated rings. The molecular formula is C31H34O6S. The van der Waals surface area contributed by atoms with E-state index < -0.39 is 15.8 Å². The zero-order chi connectivity index (χ0) is 27.0. The number of carboxylic acids is 1. The first kappa shape index (κ1) is 26.3. The van der Waals surface area contributed by atoms with Gasteiger partial charge >= 0.3 is 5.97 Å². The molecule has 0 spiro atoms. The number of carboxylic acid groups (broad SMARTS) is 1. The first-order chi connectivity index (χ1) is 18.1. The fourth-order valence-corrected chi connectivity index (χ4v) is 6.60. The molecule has 2 aliphatic rings. The molecule has 0 bridgehead atoms. The van der Waals surface area contributed by atoms with E-state index in [1.165, 1.54) is 17.4 Å². The van der Waals surface area contributed by atoms with Gasteiger partial charge in [-0.2, -0.15) is 0 Å². The highest BCUT2D eigenvalue weighted by Gasteiger charge is 2.52. The average Bonchev–Trinajstić information content (AvgIpc) is 3.58. The summed E-state index contributed by atoms with van der Waals surface area (Å²) in [5.41, 5.74) is 7.95. The van der Waals surface area contributed by atoms with E-state index >= 15 is 0 Å². The summed E-state index contributed by atoms with van der Waals surface area (Å²) in [4.78, 5) is 11.3. The molecule has 3 aromatic rings. The van der Waals surface area contributed by atoms with Gasteiger partial charge in [0.05, 0.1) is 18.8 Å². The van der Waals surface area contributed by atoms with E-state index in [4.69, 9.17) is 9.47 Å². The van der Waals surface area contributed by atoms with Crippen LogP contribution < -0.4 is 9.47 Å². The van der Waals surface area contributed by atoms with Gasteiger partial charge in [0.15, 0.2) is 0 Å². The van der Waals surface area contributed by atoms with Crippen LogP contribution in [0.4, 0.5) is 0 Å². The van der Waals surface area contributed by atoms with Crippen LogP contribution >= 0.6 is 0 Å². The highest BCUT2D eigenvalue weighted by atomic mass is 32.2. The van der Waals surface area contributed by atoms with Crippen LogP contribution in [0.5, 0.6) is 11.5 Å². The molecule has 0 aromatic heterocycles. The lowest BCUT2D eigenvalue weighted by Gasteiger charge is -2.16. The lowest BCUT2D eigenvalue weighted by Crippen LogP contribution is -2.08. The first-order valence-corrected chi connectivity index (χ1v) is 15.1. The Morgan fingerprint density at radius 3 is 2.45 bits per heavy atom. The molecule has 5 rings (SSSR count). The zero-order valence-corrected chi connectivity index (χ0v) is 22.9. The maximum Gasteiger partial charge on any atom is 0.303 e. The fourth-order valence-electron chi connectivity index (χ4n) is 5.96. The van der Waals surface area contributed by atoms with Gasteiger partial charge < -0.3 is 14.6 Å². The van der Waals surface area contributed by atoms with Crippen LogP contribution in [0, 0.1) is 19.8 Å². The van der Waals surface area contributed by atoms with Gasteiger partial charge in [-0.25, -0.2) is 8.42 Å². The smallest absolute Gasteiger partial charge is 0.303 e. The van der Waals surface area contributed by atoms with E-state index in [9.17, 15) is 18.3 Å². The predicted molar refractivity (Wildman–Crippen MR) is 148 cm³/mol. The summed E-state index contributed by atoms with van der Waals surface area (Å²) in [6.45, 7) is 4.92. The van der Waals surface area contributed by atoms with Gasteiger partial charge in [0.1, 0.15) is 27.9 Å². The van der Waals surface area contributed by atoms with Gasteiger partial charge in [-0.15, -0.1) is 0 Å². The molecule has 0 saturated heterocycles. The van der Waals surface area contributed by atoms with Crippen molar-refractivity contribution in [2.24, 2.45) is 5.92 Å². The summed E-state index contributed by atoms with van der Waals surface area (Å²) in [5, 5.41) is 9.27. The van der Waals surface area contributed by atoms with Crippen molar-refractivity contribution in [3.63, 3.8) is 0 Å². The number of hydrogen-bond donors (Lipinski definition) is 1. The highest BCUT2D eigenvalue weighted by molar-refractivity contribution is 7.90. The second-order valence-corrected chi connectivity index (χ2v) is 13.0. The van der Waals surface area contributed by atoms with Crippen LogP contribution in [-0.4, -0.2) is 38.1 Å². The Morgan fingerprint density at radius 2 is 1.74 bits per heavy atom. The minimum atomic E-state index is -2.98. The quantitative estimate of drug-likeness (QED) is 0.302. The SMILES string of the molecule is Cc1cc(OCCCS(C)(=O)=O)cc(C)c1-c1cccc(COc2ccc3c(c2)C2C[C@@H]2[C@@H]3CC(=O)O)c1. The molecular weight excluding hydrogens is 500 g/mol. The number of sulfone groups is 1. The highest BCUT2D eigenvalue weighted by Crippen LogP contribution is 2.64. The molecule has 0 radical (unpaired) electrons. The molecule has 1 unspecified atom stereocenters. The Labute approximate surface area is 224 Å². The molecule has 0 amide bonds. The molecule has 7 heteroatoms. The maximum absolute atomic E-state index is 11.3. The van der Waals surface area contributed by atoms with Crippen molar-refractivity contribution in [1.82, 2.24) is 0 Å². The Hall–Kier alpha value is -3.32. The third-order valence-electron chi connectivity index (χ3n) is 7.66. The largest absolute Gasteiger partial charge is 0.494 e. The molecule has 0 heterocycles. The monoisotopic (exact) mass is 534 g/mol. The van der Waals surface area contributed by atoms with Crippen molar-refractivity contribution in [3.8, 4) is 22.6 Å². The summed E-state index contributed by atoms with van der Waals surface area (Å²) >= 11 is 0. The van der Waals surface area contributed by atoms with E-state index in [0.717, 1.165) is 45.7 Å². The van der Waals surface area contributed by atoms with Crippen molar-refractivity contribution in [3.05, 3.63) is 82.4 Å². The van der Waals surface area contributed by atoms with Gasteiger partial charge in [0.2, 0.25) is 0 Å². The Balaban J connectivity index is 1.25. The second kappa shape index (κ2) is 10.4. The lowest BCUT2D eigenvalue weighted by atomic mass is 9.93. The topological polar surface area (TPSA) is 89.9 Å². The van der Waals surface area contributed by atoms with Crippen molar-refractivity contribution < 1.29 is 27.8 Å². The summed E-state index contributed by atoms with van der Waals surface area (Å²) in [6, 6.07) is 18.5. The molecule has 200 valence electrons. The number of hydrogen-bond acceptors (Lipinski definition) is 5. The molecule has 0 aliphatic heterocycles. The molecule has 1 saturated carbocycles. The van der Waals surface area contributed by atoms with Gasteiger partial charge in [-0.05, 0) is 114 Å². The molecule has 38 heavy (non-hydrogen) atoms. The van der Waals surface area contributed by atoms with E-state index in [0.29, 0.717) is 31.5 Å². The predicted octanol–water partition coefficient (Wildman–Crippen LogP) is 6.04. The van der Waals surface area contributed by atoms with Crippen molar-refractivity contribution in [1.29, 1.82) is 0 Å². The summed E-state index contributed by atoms with van der Waals surface area (Å²) in [5.74, 6) is 2.05. The molecule has 2 aliphatic carbocycles. The molecule has 1 N–H and O–H groups in total. The van der Waals surface area contributed by atoms with Crippen LogP contribution in [0.3, 0.4) is 0 Å². The number of ether oxygens (including phenoxy) is 2. The molecule has 6 nitrogen and oxygen atoms in total. The van der Waals surface area contributed by atoms with Crippen molar-refractivity contribution in [2.45, 2.75) is 51.6 Å². The Bertz CT molecular complexity index is 1450. The first-order valence-electron chi connectivity index (χ1n) is 13.1. The van der Waals surface area contributed by atoms with Crippen LogP contribution in [0.25, 0.3) is 11.1 Å². The number of carbonyl (C=O) groups is 1. The van der Waals surface area contributed by atoms with Crippen LogP contribution in [0.15, 0.2) is 54.6 Å². The minimum absolute atomic E-state index is 0.121. The summed E-state index contributed by atoms with van der Waals surface area (Å²) in [7, 11) is -2.98. The van der Waals surface area contributed by atoms with Crippen LogP contribution in [0.1, 0.15) is 58.9 Å². The van der Waals surface area contributed by atoms with E-state index in [1.807, 2.05) is 24.3 Å². The van der Waals surface area contributed by atoms with Crippen LogP contribution in [0.2, 0.25) is 0 Å². The van der Waals surface area contributed by atoms with Gasteiger partial charge in [-0.3, -0.25) is 4.79 Å². The number of benzene rings is 3. The minimum Gasteiger partial charge on any atom is -0.494 e. The number of aryl methyl sites for hydroxylation is 2. The molecule has 3 aromatic carbocycles. The Kier molecular flexibility index (Phi) is 7.23.